The zero-order valence-electron chi connectivity index (χ0n) is 16.9. The Balaban J connectivity index is 1.70. The largest absolute Gasteiger partial charge is 0.478 e. The van der Waals surface area contributed by atoms with Crippen LogP contribution in [-0.4, -0.2) is 28.1 Å². The Morgan fingerprint density at radius 1 is 0.839 bits per heavy atom. The highest BCUT2D eigenvalue weighted by atomic mass is 32.2. The summed E-state index contributed by atoms with van der Waals surface area (Å²) in [6.07, 6.45) is 0.631. The van der Waals surface area contributed by atoms with Crippen LogP contribution in [0.4, 0.5) is 11.4 Å². The first-order valence-corrected chi connectivity index (χ1v) is 10.6. The number of hydrogen-bond acceptors (Lipinski definition) is 4. The van der Waals surface area contributed by atoms with Crippen molar-refractivity contribution in [3.63, 3.8) is 0 Å². The van der Waals surface area contributed by atoms with Gasteiger partial charge in [-0.25, -0.2) is 4.79 Å². The molecule has 0 saturated carbocycles. The second kappa shape index (κ2) is 10.4. The molecule has 0 spiro atoms. The first-order valence-electron chi connectivity index (χ1n) is 9.74. The predicted octanol–water partition coefficient (Wildman–Crippen LogP) is 5.15. The first kappa shape index (κ1) is 22.1. The Morgan fingerprint density at radius 2 is 1.48 bits per heavy atom. The Labute approximate surface area is 184 Å². The van der Waals surface area contributed by atoms with Gasteiger partial charge in [0.15, 0.2) is 0 Å². The second-order valence-corrected chi connectivity index (χ2v) is 7.98. The molecular formula is C24H22N2O4S. The van der Waals surface area contributed by atoms with E-state index in [9.17, 15) is 19.5 Å². The van der Waals surface area contributed by atoms with Gasteiger partial charge in [-0.2, -0.15) is 0 Å². The number of benzene rings is 3. The number of rotatable bonds is 8. The van der Waals surface area contributed by atoms with Gasteiger partial charge in [0, 0.05) is 16.3 Å². The summed E-state index contributed by atoms with van der Waals surface area (Å²) in [4.78, 5) is 37.4. The lowest BCUT2D eigenvalue weighted by molar-refractivity contribution is -0.115. The van der Waals surface area contributed by atoms with Gasteiger partial charge in [0.2, 0.25) is 5.91 Å². The molecule has 0 saturated heterocycles. The average Bonchev–Trinajstić information content (AvgIpc) is 2.78. The van der Waals surface area contributed by atoms with Crippen LogP contribution in [-0.2, 0) is 4.79 Å². The van der Waals surface area contributed by atoms with Crippen LogP contribution in [0.25, 0.3) is 0 Å². The fourth-order valence-corrected chi connectivity index (χ4v) is 3.96. The molecule has 0 aliphatic rings. The van der Waals surface area contributed by atoms with Crippen LogP contribution in [0.15, 0.2) is 83.8 Å². The fraction of sp³-hybridized carbons (Fsp3) is 0.125. The van der Waals surface area contributed by atoms with Crippen LogP contribution in [0.2, 0.25) is 0 Å². The Bertz CT molecular complexity index is 1090. The standard InChI is InChI=1S/C24H22N2O4S/c1-2-21(23(28)25-16-9-4-3-5-10-16)31-18-12-8-11-17(15-18)26-22(27)19-13-6-7-14-20(19)24(29)30/h3-15,21H,2H2,1H3,(H,25,28)(H,26,27)(H,29,30). The second-order valence-electron chi connectivity index (χ2n) is 6.70. The summed E-state index contributed by atoms with van der Waals surface area (Å²) in [5.74, 6) is -1.76. The summed E-state index contributed by atoms with van der Waals surface area (Å²) < 4.78 is 0. The lowest BCUT2D eigenvalue weighted by Gasteiger charge is -2.15. The van der Waals surface area contributed by atoms with E-state index in [-0.39, 0.29) is 22.3 Å². The molecule has 7 heteroatoms. The van der Waals surface area contributed by atoms with Gasteiger partial charge in [0.25, 0.3) is 5.91 Å². The lowest BCUT2D eigenvalue weighted by Crippen LogP contribution is -2.24. The topological polar surface area (TPSA) is 95.5 Å². The minimum Gasteiger partial charge on any atom is -0.478 e. The number of carboxylic acid groups (broad SMARTS) is 1. The number of anilines is 2. The van der Waals surface area contributed by atoms with E-state index in [1.54, 1.807) is 30.3 Å². The minimum atomic E-state index is -1.16. The van der Waals surface area contributed by atoms with E-state index in [1.165, 1.54) is 23.9 Å². The molecule has 2 amide bonds. The normalized spacial score (nSPS) is 11.4. The molecule has 31 heavy (non-hydrogen) atoms. The van der Waals surface area contributed by atoms with Crippen molar-refractivity contribution in [1.29, 1.82) is 0 Å². The number of aromatic carboxylic acids is 1. The zero-order chi connectivity index (χ0) is 22.2. The molecule has 158 valence electrons. The molecule has 6 nitrogen and oxygen atoms in total. The molecule has 3 N–H and O–H groups in total. The average molecular weight is 435 g/mol. The van der Waals surface area contributed by atoms with Gasteiger partial charge in [-0.1, -0.05) is 43.3 Å². The highest BCUT2D eigenvalue weighted by Crippen LogP contribution is 2.29. The van der Waals surface area contributed by atoms with Gasteiger partial charge in [0.1, 0.15) is 0 Å². The third-order valence-electron chi connectivity index (χ3n) is 4.48. The van der Waals surface area contributed by atoms with E-state index in [2.05, 4.69) is 10.6 Å². The van der Waals surface area contributed by atoms with Gasteiger partial charge >= 0.3 is 5.97 Å². The number of thioether (sulfide) groups is 1. The molecule has 3 aromatic rings. The van der Waals surface area contributed by atoms with E-state index in [4.69, 9.17) is 0 Å². The van der Waals surface area contributed by atoms with Crippen molar-refractivity contribution < 1.29 is 19.5 Å². The van der Waals surface area contributed by atoms with Crippen molar-refractivity contribution in [1.82, 2.24) is 0 Å². The molecule has 0 aliphatic carbocycles. The summed E-state index contributed by atoms with van der Waals surface area (Å²) in [5.41, 5.74) is 1.29. The monoisotopic (exact) mass is 434 g/mol. The number of hydrogen-bond donors (Lipinski definition) is 3. The van der Waals surface area contributed by atoms with Gasteiger partial charge in [-0.15, -0.1) is 11.8 Å². The molecule has 3 rings (SSSR count). The van der Waals surface area contributed by atoms with Crippen LogP contribution in [0.5, 0.6) is 0 Å². The van der Waals surface area contributed by atoms with Crippen molar-refractivity contribution >= 4 is 40.9 Å². The smallest absolute Gasteiger partial charge is 0.336 e. The third-order valence-corrected chi connectivity index (χ3v) is 5.83. The first-order chi connectivity index (χ1) is 15.0. The van der Waals surface area contributed by atoms with E-state index < -0.39 is 11.9 Å². The maximum atomic E-state index is 12.6. The molecular weight excluding hydrogens is 412 g/mol. The Kier molecular flexibility index (Phi) is 7.45. The van der Waals surface area contributed by atoms with Crippen LogP contribution < -0.4 is 10.6 Å². The number of carbonyl (C=O) groups excluding carboxylic acids is 2. The highest BCUT2D eigenvalue weighted by molar-refractivity contribution is 8.00. The number of carbonyl (C=O) groups is 3. The maximum Gasteiger partial charge on any atom is 0.336 e. The summed E-state index contributed by atoms with van der Waals surface area (Å²) >= 11 is 1.40. The summed E-state index contributed by atoms with van der Waals surface area (Å²) in [7, 11) is 0. The molecule has 0 fully saturated rings. The highest BCUT2D eigenvalue weighted by Gasteiger charge is 2.19. The molecule has 0 bridgehead atoms. The summed E-state index contributed by atoms with van der Waals surface area (Å²) in [5, 5.41) is 14.6. The van der Waals surface area contributed by atoms with Crippen molar-refractivity contribution in [2.24, 2.45) is 0 Å². The Morgan fingerprint density at radius 3 is 2.16 bits per heavy atom. The van der Waals surface area contributed by atoms with Crippen molar-refractivity contribution in [2.45, 2.75) is 23.5 Å². The van der Waals surface area contributed by atoms with Crippen molar-refractivity contribution in [3.8, 4) is 0 Å². The molecule has 0 aliphatic heterocycles. The van der Waals surface area contributed by atoms with Crippen LogP contribution in [0, 0.1) is 0 Å². The van der Waals surface area contributed by atoms with Gasteiger partial charge in [-0.05, 0) is 48.9 Å². The zero-order valence-corrected chi connectivity index (χ0v) is 17.7. The quantitative estimate of drug-likeness (QED) is 0.426. The maximum absolute atomic E-state index is 12.6. The SMILES string of the molecule is CCC(Sc1cccc(NC(=O)c2ccccc2C(=O)O)c1)C(=O)Nc1ccccc1. The van der Waals surface area contributed by atoms with Gasteiger partial charge in [-0.3, -0.25) is 9.59 Å². The minimum absolute atomic E-state index is 0.0610. The van der Waals surface area contributed by atoms with Crippen LogP contribution in [0.3, 0.4) is 0 Å². The van der Waals surface area contributed by atoms with E-state index >= 15 is 0 Å². The van der Waals surface area contributed by atoms with Crippen molar-refractivity contribution in [2.75, 3.05) is 10.6 Å². The number of nitrogens with one attached hydrogen (secondary N) is 2. The summed E-state index contributed by atoms with van der Waals surface area (Å²) in [6.45, 7) is 1.94. The number of para-hydroxylation sites is 1. The van der Waals surface area contributed by atoms with E-state index in [1.807, 2.05) is 43.3 Å². The third kappa shape index (κ3) is 5.96. The fourth-order valence-electron chi connectivity index (χ4n) is 2.94. The molecule has 1 atom stereocenters. The molecule has 0 aromatic heterocycles. The number of carboxylic acids is 1. The molecule has 0 heterocycles. The molecule has 1 unspecified atom stereocenters. The number of amides is 2. The molecule has 0 radical (unpaired) electrons. The van der Waals surface area contributed by atoms with Crippen molar-refractivity contribution in [3.05, 3.63) is 90.0 Å². The van der Waals surface area contributed by atoms with Crippen LogP contribution >= 0.6 is 11.8 Å². The van der Waals surface area contributed by atoms with Crippen LogP contribution in [0.1, 0.15) is 34.1 Å². The predicted molar refractivity (Wildman–Crippen MR) is 123 cm³/mol. The Hall–Kier alpha value is -3.58. The van der Waals surface area contributed by atoms with E-state index in [0.29, 0.717) is 12.1 Å². The van der Waals surface area contributed by atoms with E-state index in [0.717, 1.165) is 10.6 Å². The van der Waals surface area contributed by atoms with Gasteiger partial charge < -0.3 is 15.7 Å². The summed E-state index contributed by atoms with van der Waals surface area (Å²) in [6, 6.07) is 22.5. The lowest BCUT2D eigenvalue weighted by atomic mass is 10.1. The molecule has 3 aromatic carbocycles. The van der Waals surface area contributed by atoms with Gasteiger partial charge in [0.05, 0.1) is 16.4 Å².